The maximum atomic E-state index is 11.1. The van der Waals surface area contributed by atoms with E-state index in [4.69, 9.17) is 0 Å². The van der Waals surface area contributed by atoms with Gasteiger partial charge in [0.25, 0.3) is 0 Å². The van der Waals surface area contributed by atoms with Crippen molar-refractivity contribution in [1.29, 1.82) is 0 Å². The predicted octanol–water partition coefficient (Wildman–Crippen LogP) is 3.92. The number of benzene rings is 3. The summed E-state index contributed by atoms with van der Waals surface area (Å²) >= 11 is 0. The van der Waals surface area contributed by atoms with Crippen molar-refractivity contribution in [1.82, 2.24) is 4.98 Å². The topological polar surface area (TPSA) is 33.1 Å². The van der Waals surface area contributed by atoms with Gasteiger partial charge < -0.3 is 5.11 Å². The maximum Gasteiger partial charge on any atom is 0.122 e. The van der Waals surface area contributed by atoms with E-state index in [1.807, 2.05) is 48.5 Å². The molecule has 0 aliphatic rings. The zero-order valence-electron chi connectivity index (χ0n) is 14.8. The maximum absolute atomic E-state index is 11.1. The number of nitrogens with zero attached hydrogens (tertiary/aromatic N) is 1. The summed E-state index contributed by atoms with van der Waals surface area (Å²) in [6.07, 6.45) is 0.970. The highest BCUT2D eigenvalue weighted by molar-refractivity contribution is 7.79. The van der Waals surface area contributed by atoms with Gasteiger partial charge in [-0.3, -0.25) is 4.98 Å². The van der Waals surface area contributed by atoms with Gasteiger partial charge in [0, 0.05) is 6.20 Å². The second-order valence-electron chi connectivity index (χ2n) is 6.22. The molecule has 2 nitrogen and oxygen atoms in total. The van der Waals surface area contributed by atoms with E-state index in [9.17, 15) is 5.11 Å². The van der Waals surface area contributed by atoms with Crippen LogP contribution in [0.4, 0.5) is 0 Å². The zero-order chi connectivity index (χ0) is 18.5. The molecular weight excluding hydrogens is 349 g/mol. The molecule has 27 heavy (non-hydrogen) atoms. The van der Waals surface area contributed by atoms with E-state index in [0.717, 1.165) is 10.9 Å². The van der Waals surface area contributed by atoms with Crippen LogP contribution >= 0.6 is 7.92 Å². The van der Waals surface area contributed by atoms with Gasteiger partial charge in [0.1, 0.15) is 6.10 Å². The molecule has 3 heteroatoms. The first-order valence-electron chi connectivity index (χ1n) is 8.93. The Morgan fingerprint density at radius 2 is 1.19 bits per heavy atom. The van der Waals surface area contributed by atoms with Crippen molar-refractivity contribution in [3.63, 3.8) is 0 Å². The van der Waals surface area contributed by atoms with E-state index < -0.39 is 14.0 Å². The summed E-state index contributed by atoms with van der Waals surface area (Å²) < 4.78 is 0. The van der Waals surface area contributed by atoms with Crippen LogP contribution in [0.5, 0.6) is 0 Å². The van der Waals surface area contributed by atoms with E-state index in [2.05, 4.69) is 59.6 Å². The average Bonchev–Trinajstić information content (AvgIpc) is 2.76. The summed E-state index contributed by atoms with van der Waals surface area (Å²) in [5.41, 5.74) is 1.58. The van der Waals surface area contributed by atoms with Crippen molar-refractivity contribution in [3.8, 4) is 0 Å². The number of aliphatic hydroxyl groups is 1. The number of aromatic nitrogens is 1. The lowest BCUT2D eigenvalue weighted by molar-refractivity contribution is 0.216. The molecule has 0 unspecified atom stereocenters. The molecule has 132 valence electrons. The monoisotopic (exact) mass is 369 g/mol. The van der Waals surface area contributed by atoms with Crippen LogP contribution in [0.1, 0.15) is 17.4 Å². The summed E-state index contributed by atoms with van der Waals surface area (Å²) in [6, 6.07) is 34.9. The smallest absolute Gasteiger partial charge is 0.122 e. The van der Waals surface area contributed by atoms with E-state index in [0.29, 0.717) is 5.69 Å². The quantitative estimate of drug-likeness (QED) is 0.541. The van der Waals surface area contributed by atoms with E-state index in [1.54, 1.807) is 6.20 Å². The van der Waals surface area contributed by atoms with Crippen molar-refractivity contribution in [2.75, 3.05) is 0 Å². The predicted molar refractivity (Wildman–Crippen MR) is 113 cm³/mol. The highest BCUT2D eigenvalue weighted by Crippen LogP contribution is 2.36. The number of hydrogen-bond acceptors (Lipinski definition) is 2. The summed E-state index contributed by atoms with van der Waals surface area (Å²) in [4.78, 5) is 4.36. The van der Waals surface area contributed by atoms with Gasteiger partial charge in [0.05, 0.1) is 5.69 Å². The van der Waals surface area contributed by atoms with Crippen LogP contribution in [0.3, 0.4) is 0 Å². The summed E-state index contributed by atoms with van der Waals surface area (Å²) in [5.74, 6) is 0. The molecule has 0 radical (unpaired) electrons. The Morgan fingerprint density at radius 3 is 1.78 bits per heavy atom. The SMILES string of the molecule is O[C@H](c1ccccn1)c1ccccc1P(c1ccccc1)c1ccccc1. The molecule has 1 aromatic heterocycles. The van der Waals surface area contributed by atoms with Gasteiger partial charge in [0.15, 0.2) is 0 Å². The van der Waals surface area contributed by atoms with Crippen molar-refractivity contribution >= 4 is 23.8 Å². The number of pyridine rings is 1. The molecule has 0 bridgehead atoms. The van der Waals surface area contributed by atoms with Crippen LogP contribution in [0, 0.1) is 0 Å². The third-order valence-corrected chi connectivity index (χ3v) is 6.99. The molecule has 1 atom stereocenters. The lowest BCUT2D eigenvalue weighted by Crippen LogP contribution is -2.25. The molecule has 0 saturated heterocycles. The first-order valence-corrected chi connectivity index (χ1v) is 10.3. The van der Waals surface area contributed by atoms with Gasteiger partial charge in [-0.15, -0.1) is 0 Å². The molecule has 4 rings (SSSR count). The molecule has 0 spiro atoms. The molecule has 4 aromatic rings. The average molecular weight is 369 g/mol. The van der Waals surface area contributed by atoms with Crippen molar-refractivity contribution < 1.29 is 5.11 Å². The van der Waals surface area contributed by atoms with Gasteiger partial charge in [-0.2, -0.15) is 0 Å². The summed E-state index contributed by atoms with van der Waals surface area (Å²) in [6.45, 7) is 0. The minimum atomic E-state index is -0.777. The van der Waals surface area contributed by atoms with Crippen molar-refractivity contribution in [2.45, 2.75) is 6.10 Å². The standard InChI is InChI=1S/C24H20NOP/c26-24(22-16-9-10-18-25-22)21-15-7-8-17-23(21)27(19-11-3-1-4-12-19)20-13-5-2-6-14-20/h1-18,24,26H/t24-/m0/s1. The van der Waals surface area contributed by atoms with Crippen LogP contribution in [0.2, 0.25) is 0 Å². The Kier molecular flexibility index (Phi) is 5.39. The van der Waals surface area contributed by atoms with Crippen LogP contribution in [0.15, 0.2) is 109 Å². The Bertz CT molecular complexity index is 951. The van der Waals surface area contributed by atoms with E-state index in [1.165, 1.54) is 10.6 Å². The molecule has 1 heterocycles. The normalized spacial score (nSPS) is 12.1. The Labute approximate surface area is 160 Å². The highest BCUT2D eigenvalue weighted by atomic mass is 31.1. The van der Waals surface area contributed by atoms with Crippen LogP contribution < -0.4 is 15.9 Å². The van der Waals surface area contributed by atoms with Gasteiger partial charge in [-0.05, 0) is 41.5 Å². The van der Waals surface area contributed by atoms with Crippen LogP contribution in [0.25, 0.3) is 0 Å². The third-order valence-electron chi connectivity index (χ3n) is 4.47. The highest BCUT2D eigenvalue weighted by Gasteiger charge is 2.23. The zero-order valence-corrected chi connectivity index (χ0v) is 15.7. The second kappa shape index (κ2) is 8.26. The van der Waals surface area contributed by atoms with Gasteiger partial charge >= 0.3 is 0 Å². The molecule has 1 N–H and O–H groups in total. The third kappa shape index (κ3) is 3.83. The largest absolute Gasteiger partial charge is 0.382 e. The first kappa shape index (κ1) is 17.6. The summed E-state index contributed by atoms with van der Waals surface area (Å²) in [7, 11) is -0.777. The second-order valence-corrected chi connectivity index (χ2v) is 8.41. The lowest BCUT2D eigenvalue weighted by Gasteiger charge is -2.24. The van der Waals surface area contributed by atoms with Crippen molar-refractivity contribution in [2.24, 2.45) is 0 Å². The molecule has 0 aliphatic heterocycles. The molecule has 0 aliphatic carbocycles. The van der Waals surface area contributed by atoms with Gasteiger partial charge in [0.2, 0.25) is 0 Å². The molecule has 3 aromatic carbocycles. The van der Waals surface area contributed by atoms with E-state index >= 15 is 0 Å². The minimum Gasteiger partial charge on any atom is -0.382 e. The van der Waals surface area contributed by atoms with E-state index in [-0.39, 0.29) is 0 Å². The van der Waals surface area contributed by atoms with Gasteiger partial charge in [-0.1, -0.05) is 91.0 Å². The van der Waals surface area contributed by atoms with Crippen LogP contribution in [-0.2, 0) is 0 Å². The fraction of sp³-hybridized carbons (Fsp3) is 0.0417. The molecular formula is C24H20NOP. The number of hydrogen-bond donors (Lipinski definition) is 1. The molecule has 0 saturated carbocycles. The fourth-order valence-electron chi connectivity index (χ4n) is 3.20. The Morgan fingerprint density at radius 1 is 0.630 bits per heavy atom. The molecule has 0 amide bonds. The fourth-order valence-corrected chi connectivity index (χ4v) is 5.69. The first-order chi connectivity index (χ1) is 13.3. The Balaban J connectivity index is 1.87. The lowest BCUT2D eigenvalue weighted by atomic mass is 10.1. The van der Waals surface area contributed by atoms with Crippen molar-refractivity contribution in [3.05, 3.63) is 121 Å². The summed E-state index contributed by atoms with van der Waals surface area (Å²) in [5, 5.41) is 14.7. The minimum absolute atomic E-state index is 0.668. The van der Waals surface area contributed by atoms with Gasteiger partial charge in [-0.25, -0.2) is 0 Å². The van der Waals surface area contributed by atoms with Crippen LogP contribution in [-0.4, -0.2) is 10.1 Å². The number of rotatable bonds is 5. The molecule has 0 fully saturated rings. The number of aliphatic hydroxyl groups excluding tert-OH is 1. The Hall–Kier alpha value is -2.80.